The molecule has 2 aliphatic heterocycles. The van der Waals surface area contributed by atoms with Gasteiger partial charge in [-0.15, -0.1) is 0 Å². The van der Waals surface area contributed by atoms with E-state index in [9.17, 15) is 24.3 Å². The first kappa shape index (κ1) is 27.0. The van der Waals surface area contributed by atoms with Crippen LogP contribution in [0.1, 0.15) is 37.7 Å². The van der Waals surface area contributed by atoms with Crippen molar-refractivity contribution in [3.05, 3.63) is 36.0 Å². The summed E-state index contributed by atoms with van der Waals surface area (Å²) in [6, 6.07) is 4.48. The Morgan fingerprint density at radius 1 is 1.14 bits per heavy atom. The number of hydrogen-bond donors (Lipinski definition) is 4. The SMILES string of the molecule is CSCCC(N)C(=O)NC(Cc1c[nH]c2ccccc12)C(=O)N1CCCC1C(=O)N1CCCC1C(=O)O. The summed E-state index contributed by atoms with van der Waals surface area (Å²) < 4.78 is 0. The second-order valence-corrected chi connectivity index (χ2v) is 10.7. The minimum atomic E-state index is -1.02. The minimum absolute atomic E-state index is 0.239. The molecule has 2 aliphatic rings. The summed E-state index contributed by atoms with van der Waals surface area (Å²) in [6.07, 6.45) is 6.63. The first-order chi connectivity index (χ1) is 17.8. The number of carbonyl (C=O) groups is 4. The summed E-state index contributed by atoms with van der Waals surface area (Å²) in [4.78, 5) is 58.0. The number of nitrogens with zero attached hydrogens (tertiary/aromatic N) is 2. The summed E-state index contributed by atoms with van der Waals surface area (Å²) in [7, 11) is 0. The number of hydrogen-bond acceptors (Lipinski definition) is 6. The Labute approximate surface area is 220 Å². The number of rotatable bonds is 10. The van der Waals surface area contributed by atoms with Gasteiger partial charge in [0.1, 0.15) is 18.1 Å². The monoisotopic (exact) mass is 529 g/mol. The van der Waals surface area contributed by atoms with E-state index in [2.05, 4.69) is 10.3 Å². The summed E-state index contributed by atoms with van der Waals surface area (Å²) in [5.41, 5.74) is 7.90. The normalized spacial score (nSPS) is 21.2. The van der Waals surface area contributed by atoms with E-state index < -0.39 is 36.0 Å². The quantitative estimate of drug-likeness (QED) is 0.363. The van der Waals surface area contributed by atoms with E-state index in [0.29, 0.717) is 45.2 Å². The average Bonchev–Trinajstić information content (AvgIpc) is 3.66. The van der Waals surface area contributed by atoms with Crippen LogP contribution in [0.15, 0.2) is 30.5 Å². The zero-order valence-corrected chi connectivity index (χ0v) is 21.8. The third kappa shape index (κ3) is 5.93. The van der Waals surface area contributed by atoms with Crippen LogP contribution in [-0.2, 0) is 25.6 Å². The number of nitrogens with one attached hydrogen (secondary N) is 2. The third-order valence-corrected chi connectivity index (χ3v) is 7.97. The van der Waals surface area contributed by atoms with Gasteiger partial charge in [0.15, 0.2) is 0 Å². The highest BCUT2D eigenvalue weighted by Gasteiger charge is 2.43. The fourth-order valence-corrected chi connectivity index (χ4v) is 5.83. The standard InChI is InChI=1S/C26H35N5O5S/c1-37-13-10-18(27)23(32)29-20(14-16-15-28-19-7-3-2-6-17(16)19)24(33)30-11-4-8-21(30)25(34)31-12-5-9-22(31)26(35)36/h2-3,6-7,15,18,20-22,28H,4-5,8-14,27H2,1H3,(H,29,32)(H,35,36). The van der Waals surface area contributed by atoms with Crippen molar-refractivity contribution < 1.29 is 24.3 Å². The minimum Gasteiger partial charge on any atom is -0.480 e. The smallest absolute Gasteiger partial charge is 0.326 e. The molecule has 4 unspecified atom stereocenters. The number of amides is 3. The van der Waals surface area contributed by atoms with Gasteiger partial charge < -0.3 is 30.9 Å². The lowest BCUT2D eigenvalue weighted by Gasteiger charge is -2.32. The number of H-pyrrole nitrogens is 1. The van der Waals surface area contributed by atoms with E-state index in [0.717, 1.165) is 22.2 Å². The summed E-state index contributed by atoms with van der Waals surface area (Å²) >= 11 is 1.59. The molecule has 1 aromatic heterocycles. The van der Waals surface area contributed by atoms with Gasteiger partial charge in [-0.2, -0.15) is 11.8 Å². The number of carboxylic acids is 1. The van der Waals surface area contributed by atoms with Gasteiger partial charge in [0, 0.05) is 36.6 Å². The molecule has 4 atom stereocenters. The maximum absolute atomic E-state index is 13.9. The number of fused-ring (bicyclic) bond motifs is 1. The fourth-order valence-electron chi connectivity index (χ4n) is 5.34. The molecule has 3 amide bonds. The largest absolute Gasteiger partial charge is 0.480 e. The van der Waals surface area contributed by atoms with Gasteiger partial charge >= 0.3 is 5.97 Å². The fraction of sp³-hybridized carbons (Fsp3) is 0.538. The van der Waals surface area contributed by atoms with Crippen LogP contribution in [-0.4, -0.2) is 92.8 Å². The Hall–Kier alpha value is -3.05. The van der Waals surface area contributed by atoms with Crippen LogP contribution < -0.4 is 11.1 Å². The van der Waals surface area contributed by atoms with E-state index in [1.54, 1.807) is 11.8 Å². The van der Waals surface area contributed by atoms with Crippen LogP contribution in [0.4, 0.5) is 0 Å². The summed E-state index contributed by atoms with van der Waals surface area (Å²) in [5, 5.41) is 13.4. The van der Waals surface area contributed by atoms with Gasteiger partial charge in [-0.05, 0) is 55.7 Å². The van der Waals surface area contributed by atoms with E-state index >= 15 is 0 Å². The van der Waals surface area contributed by atoms with E-state index in [4.69, 9.17) is 5.73 Å². The number of thioether (sulfide) groups is 1. The molecule has 11 heteroatoms. The van der Waals surface area contributed by atoms with Crippen LogP contribution in [0.5, 0.6) is 0 Å². The Kier molecular flexibility index (Phi) is 8.75. The molecule has 0 aliphatic carbocycles. The van der Waals surface area contributed by atoms with Gasteiger partial charge in [0.2, 0.25) is 17.7 Å². The molecule has 200 valence electrons. The van der Waals surface area contributed by atoms with Gasteiger partial charge in [-0.3, -0.25) is 14.4 Å². The molecule has 5 N–H and O–H groups in total. The molecular formula is C26H35N5O5S. The lowest BCUT2D eigenvalue weighted by Crippen LogP contribution is -2.57. The Morgan fingerprint density at radius 2 is 1.84 bits per heavy atom. The summed E-state index contributed by atoms with van der Waals surface area (Å²) in [5.74, 6) is -1.38. The number of aromatic amines is 1. The molecule has 37 heavy (non-hydrogen) atoms. The third-order valence-electron chi connectivity index (χ3n) is 7.33. The van der Waals surface area contributed by atoms with Crippen LogP contribution in [0.3, 0.4) is 0 Å². The van der Waals surface area contributed by atoms with Gasteiger partial charge in [-0.25, -0.2) is 4.79 Å². The van der Waals surface area contributed by atoms with Crippen LogP contribution in [0, 0.1) is 0 Å². The predicted molar refractivity (Wildman–Crippen MR) is 142 cm³/mol. The van der Waals surface area contributed by atoms with Gasteiger partial charge in [-0.1, -0.05) is 18.2 Å². The molecule has 0 bridgehead atoms. The van der Waals surface area contributed by atoms with Gasteiger partial charge in [0.05, 0.1) is 6.04 Å². The molecule has 0 radical (unpaired) electrons. The number of aliphatic carboxylic acids is 1. The van der Waals surface area contributed by atoms with E-state index in [1.807, 2.05) is 36.7 Å². The number of nitrogens with two attached hydrogens (primary N) is 1. The van der Waals surface area contributed by atoms with Crippen molar-refractivity contribution in [2.24, 2.45) is 5.73 Å². The van der Waals surface area contributed by atoms with Gasteiger partial charge in [0.25, 0.3) is 0 Å². The number of benzene rings is 1. The Bertz CT molecular complexity index is 1150. The molecule has 10 nitrogen and oxygen atoms in total. The lowest BCUT2D eigenvalue weighted by molar-refractivity contribution is -0.152. The summed E-state index contributed by atoms with van der Waals surface area (Å²) in [6.45, 7) is 0.744. The van der Waals surface area contributed by atoms with Crippen molar-refractivity contribution in [3.8, 4) is 0 Å². The van der Waals surface area contributed by atoms with Crippen LogP contribution >= 0.6 is 11.8 Å². The molecule has 0 spiro atoms. The number of likely N-dealkylation sites (tertiary alicyclic amines) is 2. The van der Waals surface area contributed by atoms with E-state index in [-0.39, 0.29) is 18.2 Å². The zero-order chi connectivity index (χ0) is 26.5. The molecule has 3 heterocycles. The molecule has 0 saturated carbocycles. The second-order valence-electron chi connectivity index (χ2n) is 9.73. The maximum atomic E-state index is 13.9. The van der Waals surface area contributed by atoms with Crippen molar-refractivity contribution in [1.82, 2.24) is 20.1 Å². The lowest BCUT2D eigenvalue weighted by atomic mass is 10.0. The highest BCUT2D eigenvalue weighted by Crippen LogP contribution is 2.27. The van der Waals surface area contributed by atoms with Crippen LogP contribution in [0.25, 0.3) is 10.9 Å². The highest BCUT2D eigenvalue weighted by molar-refractivity contribution is 7.98. The number of carboxylic acid groups (broad SMARTS) is 1. The molecule has 1 aromatic carbocycles. The topological polar surface area (TPSA) is 149 Å². The van der Waals surface area contributed by atoms with Crippen molar-refractivity contribution in [2.45, 2.75) is 62.7 Å². The number of aromatic nitrogens is 1. The molecular weight excluding hydrogens is 494 g/mol. The first-order valence-corrected chi connectivity index (χ1v) is 14.1. The highest BCUT2D eigenvalue weighted by atomic mass is 32.2. The first-order valence-electron chi connectivity index (χ1n) is 12.8. The van der Waals surface area contributed by atoms with Crippen molar-refractivity contribution >= 4 is 46.4 Å². The number of para-hydroxylation sites is 1. The number of carbonyl (C=O) groups excluding carboxylic acids is 3. The van der Waals surface area contributed by atoms with Crippen molar-refractivity contribution in [3.63, 3.8) is 0 Å². The molecule has 2 saturated heterocycles. The zero-order valence-electron chi connectivity index (χ0n) is 21.0. The molecule has 4 rings (SSSR count). The molecule has 2 fully saturated rings. The van der Waals surface area contributed by atoms with Crippen LogP contribution in [0.2, 0.25) is 0 Å². The second kappa shape index (κ2) is 12.0. The molecule has 2 aromatic rings. The Morgan fingerprint density at radius 3 is 2.57 bits per heavy atom. The Balaban J connectivity index is 1.56. The maximum Gasteiger partial charge on any atom is 0.326 e. The van der Waals surface area contributed by atoms with Crippen molar-refractivity contribution in [1.29, 1.82) is 0 Å². The van der Waals surface area contributed by atoms with Crippen molar-refractivity contribution in [2.75, 3.05) is 25.1 Å². The van der Waals surface area contributed by atoms with E-state index in [1.165, 1.54) is 9.80 Å². The average molecular weight is 530 g/mol. The predicted octanol–water partition coefficient (Wildman–Crippen LogP) is 1.34.